The molecule has 18 heavy (non-hydrogen) atoms. The first-order chi connectivity index (χ1) is 8.81. The molecule has 1 atom stereocenters. The van der Waals surface area contributed by atoms with Gasteiger partial charge in [-0.1, -0.05) is 18.2 Å². The topological polar surface area (TPSA) is 57.0 Å². The Bertz CT molecular complexity index is 668. The van der Waals surface area contributed by atoms with Crippen LogP contribution in [0.3, 0.4) is 0 Å². The Morgan fingerprint density at radius 1 is 1.39 bits per heavy atom. The van der Waals surface area contributed by atoms with Crippen LogP contribution in [-0.2, 0) is 6.54 Å². The van der Waals surface area contributed by atoms with Gasteiger partial charge in [0.2, 0.25) is 0 Å². The van der Waals surface area contributed by atoms with E-state index in [1.54, 1.807) is 12.5 Å². The highest BCUT2D eigenvalue weighted by molar-refractivity contribution is 5.81. The number of aryl methyl sites for hydroxylation is 1. The lowest BCUT2D eigenvalue weighted by Crippen LogP contribution is -2.17. The molecule has 0 amide bonds. The van der Waals surface area contributed by atoms with Gasteiger partial charge >= 0.3 is 0 Å². The van der Waals surface area contributed by atoms with Crippen molar-refractivity contribution in [1.82, 2.24) is 9.55 Å². The van der Waals surface area contributed by atoms with Gasteiger partial charge in [-0.15, -0.1) is 0 Å². The van der Waals surface area contributed by atoms with E-state index < -0.39 is 0 Å². The fourth-order valence-corrected chi connectivity index (χ4v) is 2.25. The van der Waals surface area contributed by atoms with Crippen LogP contribution < -0.4 is 5.73 Å². The van der Waals surface area contributed by atoms with Crippen LogP contribution in [0.2, 0.25) is 0 Å². The Hall–Kier alpha value is -2.07. The Balaban J connectivity index is 2.09. The molecule has 3 aromatic rings. The van der Waals surface area contributed by atoms with Crippen molar-refractivity contribution < 1.29 is 4.42 Å². The third kappa shape index (κ3) is 1.62. The second-order valence-electron chi connectivity index (χ2n) is 4.24. The molecule has 0 aliphatic heterocycles. The summed E-state index contributed by atoms with van der Waals surface area (Å²) in [5.41, 5.74) is 8.14. The van der Waals surface area contributed by atoms with E-state index in [1.165, 1.54) is 0 Å². The molecular weight excluding hydrogens is 226 g/mol. The minimum atomic E-state index is -0.261. The molecule has 0 saturated carbocycles. The number of aromatic nitrogens is 2. The zero-order chi connectivity index (χ0) is 12.5. The van der Waals surface area contributed by atoms with Crippen molar-refractivity contribution in [2.75, 3.05) is 0 Å². The molecule has 0 fully saturated rings. The number of imidazole rings is 1. The molecule has 0 bridgehead atoms. The van der Waals surface area contributed by atoms with Gasteiger partial charge in [-0.25, -0.2) is 4.98 Å². The summed E-state index contributed by atoms with van der Waals surface area (Å²) in [7, 11) is 0. The predicted octanol–water partition coefficient (Wildman–Crippen LogP) is 2.70. The Labute approximate surface area is 105 Å². The molecule has 2 aromatic heterocycles. The van der Waals surface area contributed by atoms with Crippen molar-refractivity contribution in [1.29, 1.82) is 0 Å². The van der Waals surface area contributed by atoms with Gasteiger partial charge in [0.25, 0.3) is 0 Å². The average Bonchev–Trinajstić information content (AvgIpc) is 3.04. The van der Waals surface area contributed by atoms with Gasteiger partial charge in [0, 0.05) is 29.9 Å². The lowest BCUT2D eigenvalue weighted by Gasteiger charge is -2.11. The summed E-state index contributed by atoms with van der Waals surface area (Å²) in [6.07, 6.45) is 5.45. The largest absolute Gasteiger partial charge is 0.464 e. The Morgan fingerprint density at radius 2 is 2.22 bits per heavy atom. The first-order valence-corrected chi connectivity index (χ1v) is 6.04. The summed E-state index contributed by atoms with van der Waals surface area (Å²) >= 11 is 0. The van der Waals surface area contributed by atoms with E-state index in [9.17, 15) is 0 Å². The molecule has 0 radical (unpaired) electrons. The van der Waals surface area contributed by atoms with Gasteiger partial charge in [0.15, 0.2) is 0 Å². The van der Waals surface area contributed by atoms with Crippen LogP contribution in [0.1, 0.15) is 24.4 Å². The summed E-state index contributed by atoms with van der Waals surface area (Å²) in [5, 5.41) is 1.05. The number of nitrogens with zero attached hydrogens (tertiary/aromatic N) is 2. The molecule has 0 spiro atoms. The first-order valence-electron chi connectivity index (χ1n) is 6.04. The van der Waals surface area contributed by atoms with Gasteiger partial charge in [-0.05, 0) is 13.0 Å². The average molecular weight is 241 g/mol. The highest BCUT2D eigenvalue weighted by Crippen LogP contribution is 2.28. The zero-order valence-electron chi connectivity index (χ0n) is 10.2. The predicted molar refractivity (Wildman–Crippen MR) is 70.1 cm³/mol. The second kappa shape index (κ2) is 4.31. The third-order valence-corrected chi connectivity index (χ3v) is 3.21. The molecule has 0 saturated heterocycles. The fraction of sp³-hybridized carbons (Fsp3) is 0.214. The number of para-hydroxylation sites is 1. The molecule has 1 unspecified atom stereocenters. The summed E-state index contributed by atoms with van der Waals surface area (Å²) in [4.78, 5) is 4.35. The summed E-state index contributed by atoms with van der Waals surface area (Å²) in [5.74, 6) is 0.865. The normalized spacial score (nSPS) is 13.0. The number of rotatable bonds is 3. The maximum absolute atomic E-state index is 6.30. The standard InChI is InChI=1S/C14H15N3O/c1-2-17-8-7-16-14(17)13(15)11-9-18-12-6-4-3-5-10(11)12/h3-9,13H,2,15H2,1H3. The number of fused-ring (bicyclic) bond motifs is 1. The van der Waals surface area contributed by atoms with E-state index in [0.717, 1.165) is 28.9 Å². The molecule has 3 rings (SSSR count). The minimum Gasteiger partial charge on any atom is -0.464 e. The SMILES string of the molecule is CCn1ccnc1C(N)c1coc2ccccc12. The molecular formula is C14H15N3O. The fourth-order valence-electron chi connectivity index (χ4n) is 2.25. The Kier molecular flexibility index (Phi) is 2.64. The van der Waals surface area contributed by atoms with Gasteiger partial charge < -0.3 is 14.7 Å². The zero-order valence-corrected chi connectivity index (χ0v) is 10.2. The monoisotopic (exact) mass is 241 g/mol. The van der Waals surface area contributed by atoms with Crippen LogP contribution in [0.15, 0.2) is 47.3 Å². The van der Waals surface area contributed by atoms with E-state index in [0.29, 0.717) is 0 Å². The van der Waals surface area contributed by atoms with E-state index in [-0.39, 0.29) is 6.04 Å². The number of benzene rings is 1. The van der Waals surface area contributed by atoms with Crippen molar-refractivity contribution in [3.8, 4) is 0 Å². The number of furan rings is 1. The van der Waals surface area contributed by atoms with Crippen LogP contribution in [-0.4, -0.2) is 9.55 Å². The first kappa shape index (κ1) is 11.0. The number of hydrogen-bond donors (Lipinski definition) is 1. The molecule has 0 aliphatic rings. The summed E-state index contributed by atoms with van der Waals surface area (Å²) in [6, 6.07) is 7.64. The van der Waals surface area contributed by atoms with Gasteiger partial charge in [0.1, 0.15) is 11.4 Å². The van der Waals surface area contributed by atoms with Crippen molar-refractivity contribution in [3.63, 3.8) is 0 Å². The van der Waals surface area contributed by atoms with E-state index >= 15 is 0 Å². The highest BCUT2D eigenvalue weighted by atomic mass is 16.3. The van der Waals surface area contributed by atoms with Crippen molar-refractivity contribution >= 4 is 11.0 Å². The third-order valence-electron chi connectivity index (χ3n) is 3.21. The maximum Gasteiger partial charge on any atom is 0.134 e. The number of hydrogen-bond acceptors (Lipinski definition) is 3. The van der Waals surface area contributed by atoms with Crippen molar-refractivity contribution in [2.45, 2.75) is 19.5 Å². The van der Waals surface area contributed by atoms with Gasteiger partial charge in [-0.2, -0.15) is 0 Å². The van der Waals surface area contributed by atoms with Gasteiger partial charge in [-0.3, -0.25) is 0 Å². The molecule has 4 nitrogen and oxygen atoms in total. The van der Waals surface area contributed by atoms with Crippen LogP contribution in [0.25, 0.3) is 11.0 Å². The van der Waals surface area contributed by atoms with Crippen LogP contribution in [0, 0.1) is 0 Å². The summed E-state index contributed by atoms with van der Waals surface area (Å²) < 4.78 is 7.57. The smallest absolute Gasteiger partial charge is 0.134 e. The molecule has 1 aromatic carbocycles. The van der Waals surface area contributed by atoms with Crippen LogP contribution in [0.5, 0.6) is 0 Å². The van der Waals surface area contributed by atoms with E-state index in [1.807, 2.05) is 35.0 Å². The van der Waals surface area contributed by atoms with Crippen molar-refractivity contribution in [3.05, 3.63) is 54.3 Å². The lowest BCUT2D eigenvalue weighted by atomic mass is 10.1. The number of nitrogens with two attached hydrogens (primary N) is 1. The Morgan fingerprint density at radius 3 is 3.06 bits per heavy atom. The quantitative estimate of drug-likeness (QED) is 0.767. The minimum absolute atomic E-state index is 0.261. The van der Waals surface area contributed by atoms with Crippen molar-refractivity contribution in [2.24, 2.45) is 5.73 Å². The van der Waals surface area contributed by atoms with E-state index in [2.05, 4.69) is 11.9 Å². The van der Waals surface area contributed by atoms with Gasteiger partial charge in [0.05, 0.1) is 12.3 Å². The second-order valence-corrected chi connectivity index (χ2v) is 4.24. The van der Waals surface area contributed by atoms with Crippen LogP contribution in [0.4, 0.5) is 0 Å². The van der Waals surface area contributed by atoms with E-state index in [4.69, 9.17) is 10.2 Å². The molecule has 92 valence electrons. The molecule has 2 heterocycles. The molecule has 0 aliphatic carbocycles. The highest BCUT2D eigenvalue weighted by Gasteiger charge is 2.18. The maximum atomic E-state index is 6.30. The van der Waals surface area contributed by atoms with Crippen LogP contribution >= 0.6 is 0 Å². The molecule has 2 N–H and O–H groups in total. The lowest BCUT2D eigenvalue weighted by molar-refractivity contribution is 0.598. The molecule has 4 heteroatoms. The summed E-state index contributed by atoms with van der Waals surface area (Å²) in [6.45, 7) is 2.93.